The molecule has 12 heavy (non-hydrogen) atoms. The van der Waals surface area contributed by atoms with E-state index in [1.165, 1.54) is 5.39 Å². The third-order valence-electron chi connectivity index (χ3n) is 1.82. The average Bonchev–Trinajstić information content (AvgIpc) is 2.06. The van der Waals surface area contributed by atoms with Crippen LogP contribution in [-0.2, 0) is 0 Å². The van der Waals surface area contributed by atoms with Crippen LogP contribution >= 0.6 is 0 Å². The summed E-state index contributed by atoms with van der Waals surface area (Å²) < 4.78 is 0. The molecule has 0 amide bonds. The summed E-state index contributed by atoms with van der Waals surface area (Å²) in [5.74, 6) is 0. The largest absolute Gasteiger partial charge is 1.00 e. The SMILES string of the molecule is Nc1cccc2ccccc12.[H-].[Na+]. The predicted molar refractivity (Wildman–Crippen MR) is 49.5 cm³/mol. The Bertz CT molecular complexity index is 384. The molecule has 2 rings (SSSR count). The zero-order valence-corrected chi connectivity index (χ0v) is 9.12. The molecule has 2 heteroatoms. The molecular formula is C10H10NNa. The first-order valence-corrected chi connectivity index (χ1v) is 3.61. The third kappa shape index (κ3) is 1.63. The van der Waals surface area contributed by atoms with Crippen LogP contribution in [0.2, 0.25) is 0 Å². The summed E-state index contributed by atoms with van der Waals surface area (Å²) in [5, 5.41) is 2.34. The van der Waals surface area contributed by atoms with Crippen molar-refractivity contribution < 1.29 is 31.0 Å². The molecule has 0 bridgehead atoms. The van der Waals surface area contributed by atoms with E-state index >= 15 is 0 Å². The van der Waals surface area contributed by atoms with E-state index in [-0.39, 0.29) is 31.0 Å². The molecule has 2 aromatic carbocycles. The fraction of sp³-hybridized carbons (Fsp3) is 0. The van der Waals surface area contributed by atoms with E-state index < -0.39 is 0 Å². The quantitative estimate of drug-likeness (QED) is 0.417. The molecule has 56 valence electrons. The van der Waals surface area contributed by atoms with E-state index in [0.29, 0.717) is 0 Å². The van der Waals surface area contributed by atoms with Crippen LogP contribution in [0.25, 0.3) is 10.8 Å². The second-order valence-corrected chi connectivity index (χ2v) is 2.57. The van der Waals surface area contributed by atoms with Gasteiger partial charge in [0.2, 0.25) is 0 Å². The second-order valence-electron chi connectivity index (χ2n) is 2.57. The molecule has 0 aliphatic heterocycles. The van der Waals surface area contributed by atoms with Gasteiger partial charge in [-0.05, 0) is 11.5 Å². The predicted octanol–water partition coefficient (Wildman–Crippen LogP) is -0.462. The van der Waals surface area contributed by atoms with Gasteiger partial charge in [0.1, 0.15) is 0 Å². The summed E-state index contributed by atoms with van der Waals surface area (Å²) in [6.45, 7) is 0. The maximum atomic E-state index is 5.76. The second kappa shape index (κ2) is 3.94. The molecule has 0 fully saturated rings. The van der Waals surface area contributed by atoms with Gasteiger partial charge in [-0.2, -0.15) is 0 Å². The Labute approximate surface area is 95.4 Å². The van der Waals surface area contributed by atoms with Crippen molar-refractivity contribution in [3.05, 3.63) is 42.5 Å². The summed E-state index contributed by atoms with van der Waals surface area (Å²) >= 11 is 0. The average molecular weight is 167 g/mol. The molecule has 0 aliphatic carbocycles. The number of rotatable bonds is 0. The van der Waals surface area contributed by atoms with Crippen molar-refractivity contribution in [1.82, 2.24) is 0 Å². The standard InChI is InChI=1S/C10H9N.Na.H/c11-10-7-3-5-8-4-1-2-6-9(8)10;;/h1-7H,11H2;;/q;+1;-1. The van der Waals surface area contributed by atoms with Gasteiger partial charge in [-0.3, -0.25) is 0 Å². The summed E-state index contributed by atoms with van der Waals surface area (Å²) in [4.78, 5) is 0. The normalized spacial score (nSPS) is 9.33. The molecule has 0 spiro atoms. The molecule has 0 atom stereocenters. The number of anilines is 1. The van der Waals surface area contributed by atoms with Gasteiger partial charge in [0.25, 0.3) is 0 Å². The molecule has 0 saturated heterocycles. The molecule has 0 aromatic heterocycles. The Morgan fingerprint density at radius 3 is 2.33 bits per heavy atom. The Morgan fingerprint density at radius 1 is 0.917 bits per heavy atom. The zero-order chi connectivity index (χ0) is 7.68. The van der Waals surface area contributed by atoms with E-state index in [4.69, 9.17) is 5.73 Å². The molecule has 0 saturated carbocycles. The zero-order valence-electron chi connectivity index (χ0n) is 8.12. The van der Waals surface area contributed by atoms with Crippen molar-refractivity contribution in [3.63, 3.8) is 0 Å². The molecule has 0 aliphatic rings. The first kappa shape index (κ1) is 9.59. The van der Waals surface area contributed by atoms with Crippen molar-refractivity contribution in [2.75, 3.05) is 5.73 Å². The van der Waals surface area contributed by atoms with Gasteiger partial charge in [-0.1, -0.05) is 36.4 Å². The van der Waals surface area contributed by atoms with Gasteiger partial charge in [-0.25, -0.2) is 0 Å². The molecule has 0 unspecified atom stereocenters. The van der Waals surface area contributed by atoms with Crippen LogP contribution in [0, 0.1) is 0 Å². The third-order valence-corrected chi connectivity index (χ3v) is 1.82. The van der Waals surface area contributed by atoms with Gasteiger partial charge in [0.05, 0.1) is 0 Å². The molecule has 2 aromatic rings. The maximum Gasteiger partial charge on any atom is 1.00 e. The van der Waals surface area contributed by atoms with Gasteiger partial charge in [-0.15, -0.1) is 0 Å². The number of hydrogen-bond donors (Lipinski definition) is 1. The van der Waals surface area contributed by atoms with Crippen molar-refractivity contribution in [2.24, 2.45) is 0 Å². The van der Waals surface area contributed by atoms with Gasteiger partial charge in [0, 0.05) is 11.1 Å². The number of benzene rings is 2. The van der Waals surface area contributed by atoms with E-state index in [1.54, 1.807) is 0 Å². The van der Waals surface area contributed by atoms with Crippen LogP contribution in [0.4, 0.5) is 5.69 Å². The summed E-state index contributed by atoms with van der Waals surface area (Å²) in [6.07, 6.45) is 0. The fourth-order valence-electron chi connectivity index (χ4n) is 1.25. The van der Waals surface area contributed by atoms with Crippen LogP contribution < -0.4 is 35.3 Å². The van der Waals surface area contributed by atoms with E-state index in [2.05, 4.69) is 12.1 Å². The number of nitrogens with two attached hydrogens (primary N) is 1. The number of fused-ring (bicyclic) bond motifs is 1. The summed E-state index contributed by atoms with van der Waals surface area (Å²) in [5.41, 5.74) is 6.61. The van der Waals surface area contributed by atoms with Crippen LogP contribution in [-0.4, -0.2) is 0 Å². The molecule has 0 heterocycles. The maximum absolute atomic E-state index is 5.76. The van der Waals surface area contributed by atoms with Crippen LogP contribution in [0.5, 0.6) is 0 Å². The van der Waals surface area contributed by atoms with Gasteiger partial charge < -0.3 is 7.16 Å². The minimum absolute atomic E-state index is 0. The first-order valence-electron chi connectivity index (χ1n) is 3.61. The van der Waals surface area contributed by atoms with Crippen molar-refractivity contribution in [3.8, 4) is 0 Å². The van der Waals surface area contributed by atoms with Crippen LogP contribution in [0.3, 0.4) is 0 Å². The van der Waals surface area contributed by atoms with Gasteiger partial charge >= 0.3 is 29.6 Å². The van der Waals surface area contributed by atoms with E-state index in [0.717, 1.165) is 11.1 Å². The molecular weight excluding hydrogens is 157 g/mol. The molecule has 0 radical (unpaired) electrons. The van der Waals surface area contributed by atoms with Crippen molar-refractivity contribution >= 4 is 16.5 Å². The number of hydrogen-bond acceptors (Lipinski definition) is 1. The molecule has 1 nitrogen and oxygen atoms in total. The van der Waals surface area contributed by atoms with Gasteiger partial charge in [0.15, 0.2) is 0 Å². The first-order chi connectivity index (χ1) is 5.38. The molecule has 2 N–H and O–H groups in total. The van der Waals surface area contributed by atoms with E-state index in [9.17, 15) is 0 Å². The minimum Gasteiger partial charge on any atom is -1.00 e. The monoisotopic (exact) mass is 167 g/mol. The summed E-state index contributed by atoms with van der Waals surface area (Å²) in [6, 6.07) is 14.1. The summed E-state index contributed by atoms with van der Waals surface area (Å²) in [7, 11) is 0. The minimum atomic E-state index is 0. The van der Waals surface area contributed by atoms with Crippen molar-refractivity contribution in [2.45, 2.75) is 0 Å². The topological polar surface area (TPSA) is 26.0 Å². The Kier molecular flexibility index (Phi) is 3.15. The smallest absolute Gasteiger partial charge is 1.00 e. The fourth-order valence-corrected chi connectivity index (χ4v) is 1.25. The van der Waals surface area contributed by atoms with Crippen LogP contribution in [0.15, 0.2) is 42.5 Å². The van der Waals surface area contributed by atoms with Crippen LogP contribution in [0.1, 0.15) is 1.43 Å². The Hall–Kier alpha value is -0.500. The van der Waals surface area contributed by atoms with E-state index in [1.807, 2.05) is 30.3 Å². The Balaban J connectivity index is 0.000000720. The number of nitrogen functional groups attached to an aromatic ring is 1. The Morgan fingerprint density at radius 2 is 1.58 bits per heavy atom. The van der Waals surface area contributed by atoms with Crippen molar-refractivity contribution in [1.29, 1.82) is 0 Å².